The Morgan fingerprint density at radius 1 is 1.12 bits per heavy atom. The van der Waals surface area contributed by atoms with Gasteiger partial charge in [-0.05, 0) is 30.4 Å². The fourth-order valence-corrected chi connectivity index (χ4v) is 3.07. The van der Waals surface area contributed by atoms with Crippen molar-refractivity contribution in [3.8, 4) is 0 Å². The predicted octanol–water partition coefficient (Wildman–Crippen LogP) is 2.87. The number of hydrogen-bond donors (Lipinski definition) is 1. The largest absolute Gasteiger partial charge is 0.340 e. The molecule has 0 saturated heterocycles. The molecule has 0 unspecified atom stereocenters. The summed E-state index contributed by atoms with van der Waals surface area (Å²) in [6.45, 7) is 0.756. The smallest absolute Gasteiger partial charge is 0.0567 e. The molecule has 16 heavy (non-hydrogen) atoms. The second-order valence-electron chi connectivity index (χ2n) is 4.88. The van der Waals surface area contributed by atoms with Gasteiger partial charge in [0, 0.05) is 18.3 Å². The normalized spacial score (nSPS) is 19.3. The number of fused-ring (bicyclic) bond motifs is 1. The monoisotopic (exact) mass is 214 g/mol. The molecule has 0 atom stereocenters. The Morgan fingerprint density at radius 2 is 1.88 bits per heavy atom. The lowest BCUT2D eigenvalue weighted by atomic mass is 9.97. The number of aromatic nitrogens is 1. The minimum atomic E-state index is 0.184. The van der Waals surface area contributed by atoms with Crippen LogP contribution in [0.4, 0.5) is 0 Å². The van der Waals surface area contributed by atoms with Crippen LogP contribution in [0.25, 0.3) is 10.9 Å². The fraction of sp³-hybridized carbons (Fsp3) is 0.429. The molecule has 2 N–H and O–H groups in total. The van der Waals surface area contributed by atoms with Crippen LogP contribution in [0.15, 0.2) is 36.5 Å². The molecule has 1 aliphatic rings. The lowest BCUT2D eigenvalue weighted by Crippen LogP contribution is -2.37. The fourth-order valence-electron chi connectivity index (χ4n) is 3.07. The van der Waals surface area contributed by atoms with Gasteiger partial charge in [-0.25, -0.2) is 0 Å². The van der Waals surface area contributed by atoms with Crippen LogP contribution >= 0.6 is 0 Å². The SMILES string of the molecule is NCC1(n2ccc3ccccc32)CCCC1. The molecular weight excluding hydrogens is 196 g/mol. The molecule has 1 aromatic heterocycles. The quantitative estimate of drug-likeness (QED) is 0.818. The maximum absolute atomic E-state index is 6.03. The van der Waals surface area contributed by atoms with Crippen molar-refractivity contribution >= 4 is 10.9 Å². The molecule has 2 nitrogen and oxygen atoms in total. The molecule has 84 valence electrons. The van der Waals surface area contributed by atoms with Crippen LogP contribution < -0.4 is 5.73 Å². The first-order valence-electron chi connectivity index (χ1n) is 6.12. The summed E-state index contributed by atoms with van der Waals surface area (Å²) >= 11 is 0. The summed E-state index contributed by atoms with van der Waals surface area (Å²) < 4.78 is 2.41. The van der Waals surface area contributed by atoms with E-state index < -0.39 is 0 Å². The van der Waals surface area contributed by atoms with E-state index in [9.17, 15) is 0 Å². The molecule has 2 heteroatoms. The third-order valence-electron chi connectivity index (χ3n) is 4.02. The first-order valence-corrected chi connectivity index (χ1v) is 6.12. The molecule has 2 aromatic rings. The number of para-hydroxylation sites is 1. The van der Waals surface area contributed by atoms with Gasteiger partial charge in [0.15, 0.2) is 0 Å². The predicted molar refractivity (Wildman–Crippen MR) is 67.4 cm³/mol. The third-order valence-corrected chi connectivity index (χ3v) is 4.02. The summed E-state index contributed by atoms with van der Waals surface area (Å²) in [6.07, 6.45) is 7.28. The van der Waals surface area contributed by atoms with Crippen LogP contribution in [0.1, 0.15) is 25.7 Å². The maximum Gasteiger partial charge on any atom is 0.0567 e. The summed E-state index contributed by atoms with van der Waals surface area (Å²) in [4.78, 5) is 0. The Bertz CT molecular complexity index is 492. The van der Waals surface area contributed by atoms with Crippen LogP contribution in [0.3, 0.4) is 0 Å². The van der Waals surface area contributed by atoms with E-state index in [1.165, 1.54) is 36.6 Å². The van der Waals surface area contributed by atoms with Gasteiger partial charge in [-0.2, -0.15) is 0 Å². The summed E-state index contributed by atoms with van der Waals surface area (Å²) in [7, 11) is 0. The van der Waals surface area contributed by atoms with E-state index in [4.69, 9.17) is 5.73 Å². The van der Waals surface area contributed by atoms with E-state index in [1.807, 2.05) is 0 Å². The van der Waals surface area contributed by atoms with E-state index in [0.717, 1.165) is 6.54 Å². The summed E-state index contributed by atoms with van der Waals surface area (Å²) in [6, 6.07) is 10.8. The lowest BCUT2D eigenvalue weighted by Gasteiger charge is -2.30. The molecule has 0 bridgehead atoms. The van der Waals surface area contributed by atoms with Gasteiger partial charge in [-0.15, -0.1) is 0 Å². The molecule has 1 aromatic carbocycles. The molecule has 3 rings (SSSR count). The van der Waals surface area contributed by atoms with Crippen LogP contribution in [-0.4, -0.2) is 11.1 Å². The van der Waals surface area contributed by atoms with Crippen molar-refractivity contribution in [1.29, 1.82) is 0 Å². The van der Waals surface area contributed by atoms with Crippen molar-refractivity contribution in [2.24, 2.45) is 5.73 Å². The van der Waals surface area contributed by atoms with Crippen LogP contribution in [-0.2, 0) is 5.54 Å². The summed E-state index contributed by atoms with van der Waals surface area (Å²) in [5.41, 5.74) is 7.54. The Hall–Kier alpha value is -1.28. The highest BCUT2D eigenvalue weighted by Gasteiger charge is 2.34. The van der Waals surface area contributed by atoms with Gasteiger partial charge in [-0.3, -0.25) is 0 Å². The van der Waals surface area contributed by atoms with E-state index >= 15 is 0 Å². The van der Waals surface area contributed by atoms with E-state index in [2.05, 4.69) is 41.1 Å². The van der Waals surface area contributed by atoms with Gasteiger partial charge in [0.2, 0.25) is 0 Å². The van der Waals surface area contributed by atoms with Crippen molar-refractivity contribution in [3.05, 3.63) is 36.5 Å². The minimum absolute atomic E-state index is 0.184. The van der Waals surface area contributed by atoms with Gasteiger partial charge >= 0.3 is 0 Å². The second kappa shape index (κ2) is 3.63. The second-order valence-corrected chi connectivity index (χ2v) is 4.88. The molecule has 1 aliphatic carbocycles. The van der Waals surface area contributed by atoms with E-state index in [-0.39, 0.29) is 5.54 Å². The average molecular weight is 214 g/mol. The van der Waals surface area contributed by atoms with Crippen LogP contribution in [0.5, 0.6) is 0 Å². The maximum atomic E-state index is 6.03. The Labute approximate surface area is 96.1 Å². The average Bonchev–Trinajstić information content (AvgIpc) is 2.96. The summed E-state index contributed by atoms with van der Waals surface area (Å²) in [5.74, 6) is 0. The Balaban J connectivity index is 2.17. The van der Waals surface area contributed by atoms with Crippen LogP contribution in [0, 0.1) is 0 Å². The van der Waals surface area contributed by atoms with Gasteiger partial charge in [0.25, 0.3) is 0 Å². The Morgan fingerprint density at radius 3 is 2.62 bits per heavy atom. The molecule has 0 spiro atoms. The highest BCUT2D eigenvalue weighted by atomic mass is 15.1. The summed E-state index contributed by atoms with van der Waals surface area (Å²) in [5, 5.41) is 1.32. The van der Waals surface area contributed by atoms with Crippen molar-refractivity contribution in [2.75, 3.05) is 6.54 Å². The zero-order valence-electron chi connectivity index (χ0n) is 9.52. The topological polar surface area (TPSA) is 30.9 Å². The first kappa shape index (κ1) is 9.91. The number of benzene rings is 1. The minimum Gasteiger partial charge on any atom is -0.340 e. The molecule has 0 aliphatic heterocycles. The molecular formula is C14H18N2. The van der Waals surface area contributed by atoms with Gasteiger partial charge in [0.05, 0.1) is 5.54 Å². The highest BCUT2D eigenvalue weighted by Crippen LogP contribution is 2.38. The number of rotatable bonds is 2. The standard InChI is InChI=1S/C14H18N2/c15-11-14(8-3-4-9-14)16-10-7-12-5-1-2-6-13(12)16/h1-2,5-7,10H,3-4,8-9,11,15H2. The van der Waals surface area contributed by atoms with E-state index in [1.54, 1.807) is 0 Å². The highest BCUT2D eigenvalue weighted by molar-refractivity contribution is 5.80. The van der Waals surface area contributed by atoms with Crippen LogP contribution in [0.2, 0.25) is 0 Å². The lowest BCUT2D eigenvalue weighted by molar-refractivity contribution is 0.314. The van der Waals surface area contributed by atoms with E-state index in [0.29, 0.717) is 0 Å². The zero-order chi connectivity index (χ0) is 11.0. The van der Waals surface area contributed by atoms with Crippen molar-refractivity contribution in [1.82, 2.24) is 4.57 Å². The molecule has 1 heterocycles. The third kappa shape index (κ3) is 1.30. The number of nitrogens with two attached hydrogens (primary N) is 1. The number of hydrogen-bond acceptors (Lipinski definition) is 1. The van der Waals surface area contributed by atoms with Crippen molar-refractivity contribution < 1.29 is 0 Å². The first-order chi connectivity index (χ1) is 7.86. The molecule has 1 saturated carbocycles. The molecule has 0 amide bonds. The zero-order valence-corrected chi connectivity index (χ0v) is 9.52. The molecule has 1 fully saturated rings. The van der Waals surface area contributed by atoms with Gasteiger partial charge in [-0.1, -0.05) is 31.0 Å². The van der Waals surface area contributed by atoms with Gasteiger partial charge < -0.3 is 10.3 Å². The van der Waals surface area contributed by atoms with Crippen molar-refractivity contribution in [3.63, 3.8) is 0 Å². The number of nitrogens with zero attached hydrogens (tertiary/aromatic N) is 1. The Kier molecular flexibility index (Phi) is 2.25. The molecule has 0 radical (unpaired) electrons. The van der Waals surface area contributed by atoms with Gasteiger partial charge in [0.1, 0.15) is 0 Å². The van der Waals surface area contributed by atoms with Crippen molar-refractivity contribution in [2.45, 2.75) is 31.2 Å².